The molecule has 1 atom stereocenters. The molecule has 2 aromatic carbocycles. The number of nitrogens with zero attached hydrogens (tertiary/aromatic N) is 4. The van der Waals surface area contributed by atoms with Gasteiger partial charge in [-0.25, -0.2) is 9.48 Å². The molecule has 2 aromatic heterocycles. The van der Waals surface area contributed by atoms with E-state index in [1.165, 1.54) is 35.7 Å². The molecule has 1 unspecified atom stereocenters. The summed E-state index contributed by atoms with van der Waals surface area (Å²) in [6.45, 7) is 6.97. The highest BCUT2D eigenvalue weighted by molar-refractivity contribution is 6.31. The number of fused-ring (bicyclic) bond motifs is 1. The molecule has 4 aromatic rings. The first-order valence-corrected chi connectivity index (χ1v) is 13.6. The number of benzene rings is 2. The highest BCUT2D eigenvalue weighted by Gasteiger charge is 2.25. The fourth-order valence-corrected chi connectivity index (χ4v) is 5.05. The number of ether oxygens (including phenoxy) is 2. The molecule has 0 bridgehead atoms. The Kier molecular flexibility index (Phi) is 8.45. The van der Waals surface area contributed by atoms with E-state index < -0.39 is 23.3 Å². The molecule has 0 aliphatic rings. The molecule has 0 amide bonds. The van der Waals surface area contributed by atoms with Crippen LogP contribution < -0.4 is 15.9 Å². The standard InChI is InChI=1S/C31H31ClN4O6/c1-7-24(35-17-27(41-6)23(15-28(35)38)22-14-20(32)10-9-19(22)16-33)26(37)13-18-8-11-21-25(12-18)36(34(5)29(21)39)30(40)42-31(2,3)4/h8-12,14-15,17,24H,7,13H2,1-6H3. The minimum atomic E-state index is -0.824. The van der Waals surface area contributed by atoms with Gasteiger partial charge in [-0.3, -0.25) is 14.4 Å². The molecule has 218 valence electrons. The highest BCUT2D eigenvalue weighted by atomic mass is 35.5. The summed E-state index contributed by atoms with van der Waals surface area (Å²) in [5.74, 6) is 0.0445. The van der Waals surface area contributed by atoms with Crippen LogP contribution in [0.1, 0.15) is 51.3 Å². The Morgan fingerprint density at radius 1 is 1.07 bits per heavy atom. The van der Waals surface area contributed by atoms with E-state index in [9.17, 15) is 24.4 Å². The van der Waals surface area contributed by atoms with E-state index in [2.05, 4.69) is 6.07 Å². The van der Waals surface area contributed by atoms with Crippen molar-refractivity contribution in [3.8, 4) is 22.9 Å². The monoisotopic (exact) mass is 590 g/mol. The van der Waals surface area contributed by atoms with Gasteiger partial charge in [0.2, 0.25) is 0 Å². The van der Waals surface area contributed by atoms with Crippen molar-refractivity contribution >= 4 is 34.4 Å². The molecule has 0 saturated heterocycles. The minimum absolute atomic E-state index is 0.0603. The second-order valence-corrected chi connectivity index (χ2v) is 11.3. The van der Waals surface area contributed by atoms with Crippen LogP contribution in [0.2, 0.25) is 5.02 Å². The summed E-state index contributed by atoms with van der Waals surface area (Å²) >= 11 is 6.16. The zero-order valence-electron chi connectivity index (χ0n) is 24.2. The van der Waals surface area contributed by atoms with Crippen LogP contribution in [0.3, 0.4) is 0 Å². The molecule has 4 rings (SSSR count). The van der Waals surface area contributed by atoms with Gasteiger partial charge in [0.25, 0.3) is 11.1 Å². The number of carbonyl (C=O) groups is 2. The Labute approximate surface area is 247 Å². The molecular formula is C31H31ClN4O6. The van der Waals surface area contributed by atoms with Gasteiger partial charge < -0.3 is 14.0 Å². The lowest BCUT2D eigenvalue weighted by atomic mass is 9.98. The maximum Gasteiger partial charge on any atom is 0.434 e. The Bertz CT molecular complexity index is 1870. The molecule has 0 saturated carbocycles. The first-order chi connectivity index (χ1) is 19.8. The van der Waals surface area contributed by atoms with Gasteiger partial charge in [0, 0.05) is 35.7 Å². The summed E-state index contributed by atoms with van der Waals surface area (Å²) in [4.78, 5) is 52.6. The predicted octanol–water partition coefficient (Wildman–Crippen LogP) is 5.25. The summed E-state index contributed by atoms with van der Waals surface area (Å²) < 4.78 is 14.7. The lowest BCUT2D eigenvalue weighted by molar-refractivity contribution is -0.121. The molecule has 0 N–H and O–H groups in total. The van der Waals surface area contributed by atoms with Gasteiger partial charge in [0.05, 0.1) is 41.9 Å². The largest absolute Gasteiger partial charge is 0.495 e. The van der Waals surface area contributed by atoms with Crippen molar-refractivity contribution in [3.05, 3.63) is 85.5 Å². The third-order valence-corrected chi connectivity index (χ3v) is 7.04. The number of nitriles is 1. The number of rotatable bonds is 7. The van der Waals surface area contributed by atoms with E-state index in [-0.39, 0.29) is 17.8 Å². The molecule has 0 aliphatic heterocycles. The van der Waals surface area contributed by atoms with Gasteiger partial charge in [-0.05, 0) is 63.1 Å². The van der Waals surface area contributed by atoms with Crippen LogP contribution in [0.25, 0.3) is 22.0 Å². The number of methoxy groups -OCH3 is 1. The number of hydrogen-bond acceptors (Lipinski definition) is 7. The third-order valence-electron chi connectivity index (χ3n) is 6.81. The van der Waals surface area contributed by atoms with E-state index in [1.807, 2.05) is 0 Å². The van der Waals surface area contributed by atoms with Crippen LogP contribution in [0.5, 0.6) is 5.75 Å². The van der Waals surface area contributed by atoms with Crippen LogP contribution >= 0.6 is 11.6 Å². The quantitative estimate of drug-likeness (QED) is 0.288. The summed E-state index contributed by atoms with van der Waals surface area (Å²) in [6.07, 6.45) is 1.00. The fourth-order valence-electron chi connectivity index (χ4n) is 4.88. The Morgan fingerprint density at radius 2 is 1.79 bits per heavy atom. The lowest BCUT2D eigenvalue weighted by Crippen LogP contribution is -2.31. The number of hydrogen-bond donors (Lipinski definition) is 0. The number of halogens is 1. The zero-order valence-corrected chi connectivity index (χ0v) is 25.0. The smallest absolute Gasteiger partial charge is 0.434 e. The predicted molar refractivity (Wildman–Crippen MR) is 159 cm³/mol. The Balaban J connectivity index is 1.71. The van der Waals surface area contributed by atoms with Crippen LogP contribution in [-0.2, 0) is 23.0 Å². The molecule has 0 aliphatic carbocycles. The number of Topliss-reactive ketones (excluding diaryl/α,β-unsaturated/α-hetero) is 1. The minimum Gasteiger partial charge on any atom is -0.495 e. The molecule has 0 spiro atoms. The second-order valence-electron chi connectivity index (χ2n) is 10.8. The first kappa shape index (κ1) is 30.3. The topological polar surface area (TPSA) is 125 Å². The number of pyridine rings is 1. The van der Waals surface area contributed by atoms with Crippen molar-refractivity contribution in [1.82, 2.24) is 13.9 Å². The number of ketones is 1. The van der Waals surface area contributed by atoms with Crippen LogP contribution in [0.15, 0.2) is 58.3 Å². The van der Waals surface area contributed by atoms with Crippen LogP contribution in [0, 0.1) is 11.3 Å². The van der Waals surface area contributed by atoms with Gasteiger partial charge in [-0.15, -0.1) is 0 Å². The van der Waals surface area contributed by atoms with Crippen LogP contribution in [0.4, 0.5) is 4.79 Å². The van der Waals surface area contributed by atoms with Gasteiger partial charge in [-0.2, -0.15) is 9.94 Å². The summed E-state index contributed by atoms with van der Waals surface area (Å²) in [6, 6.07) is 12.2. The summed E-state index contributed by atoms with van der Waals surface area (Å²) in [5.41, 5.74) is 0.409. The normalized spacial score (nSPS) is 12.1. The first-order valence-electron chi connectivity index (χ1n) is 13.3. The van der Waals surface area contributed by atoms with E-state index in [1.54, 1.807) is 64.1 Å². The fraction of sp³-hybridized carbons (Fsp3) is 0.323. The molecular weight excluding hydrogens is 560 g/mol. The van der Waals surface area contributed by atoms with Crippen molar-refractivity contribution in [3.63, 3.8) is 0 Å². The molecule has 0 radical (unpaired) electrons. The van der Waals surface area contributed by atoms with E-state index >= 15 is 0 Å². The number of aromatic nitrogens is 3. The lowest BCUT2D eigenvalue weighted by Gasteiger charge is -2.21. The SMILES string of the molecule is CCC(C(=O)Cc1ccc2c(=O)n(C)n(C(=O)OC(C)(C)C)c2c1)n1cc(OC)c(-c2cc(Cl)ccc2C#N)cc1=O. The van der Waals surface area contributed by atoms with Crippen molar-refractivity contribution in [1.29, 1.82) is 5.26 Å². The molecule has 42 heavy (non-hydrogen) atoms. The van der Waals surface area contributed by atoms with Crippen molar-refractivity contribution < 1.29 is 19.1 Å². The van der Waals surface area contributed by atoms with Crippen molar-refractivity contribution in [2.24, 2.45) is 7.05 Å². The molecule has 10 nitrogen and oxygen atoms in total. The Hall–Kier alpha value is -4.62. The van der Waals surface area contributed by atoms with Crippen molar-refractivity contribution in [2.45, 2.75) is 52.2 Å². The van der Waals surface area contributed by atoms with Gasteiger partial charge in [0.15, 0.2) is 5.78 Å². The second kappa shape index (κ2) is 11.7. The average molecular weight is 591 g/mol. The number of carbonyl (C=O) groups excluding carboxylic acids is 2. The van der Waals surface area contributed by atoms with Gasteiger partial charge in [-0.1, -0.05) is 24.6 Å². The van der Waals surface area contributed by atoms with E-state index in [0.717, 1.165) is 4.68 Å². The summed E-state index contributed by atoms with van der Waals surface area (Å²) in [7, 11) is 2.91. The molecule has 11 heteroatoms. The van der Waals surface area contributed by atoms with Crippen molar-refractivity contribution in [2.75, 3.05) is 7.11 Å². The van der Waals surface area contributed by atoms with E-state index in [4.69, 9.17) is 21.1 Å². The molecule has 0 fully saturated rings. The maximum atomic E-state index is 13.6. The average Bonchev–Trinajstić information content (AvgIpc) is 3.17. The van der Waals surface area contributed by atoms with Gasteiger partial charge in [0.1, 0.15) is 11.4 Å². The maximum absolute atomic E-state index is 13.6. The van der Waals surface area contributed by atoms with Gasteiger partial charge >= 0.3 is 6.09 Å². The third kappa shape index (κ3) is 5.87. The highest BCUT2D eigenvalue weighted by Crippen LogP contribution is 2.33. The van der Waals surface area contributed by atoms with E-state index in [0.29, 0.717) is 50.3 Å². The Morgan fingerprint density at radius 3 is 2.40 bits per heavy atom. The van der Waals surface area contributed by atoms with Crippen LogP contribution in [-0.4, -0.2) is 38.5 Å². The summed E-state index contributed by atoms with van der Waals surface area (Å²) in [5, 5.41) is 10.3. The zero-order chi connectivity index (χ0) is 30.9. The molecule has 2 heterocycles.